The third kappa shape index (κ3) is 4.54. The molecule has 0 unspecified atom stereocenters. The van der Waals surface area contributed by atoms with Crippen LogP contribution in [0.2, 0.25) is 0 Å². The van der Waals surface area contributed by atoms with Crippen molar-refractivity contribution in [3.8, 4) is 5.75 Å². The third-order valence-corrected chi connectivity index (χ3v) is 3.98. The van der Waals surface area contributed by atoms with Crippen LogP contribution >= 0.6 is 15.9 Å². The lowest BCUT2D eigenvalue weighted by Gasteiger charge is -2.08. The molecule has 1 aromatic carbocycles. The first-order valence-corrected chi connectivity index (χ1v) is 8.10. The molecule has 0 saturated heterocycles. The highest BCUT2D eigenvalue weighted by atomic mass is 79.9. The lowest BCUT2D eigenvalue weighted by Crippen LogP contribution is -2.15. The fraction of sp³-hybridized carbons (Fsp3) is 0.333. The van der Waals surface area contributed by atoms with E-state index in [2.05, 4.69) is 26.3 Å². The van der Waals surface area contributed by atoms with Gasteiger partial charge in [-0.3, -0.25) is 19.6 Å². The number of nitrogens with zero attached hydrogens (tertiary/aromatic N) is 3. The molecule has 1 N–H and O–H groups in total. The van der Waals surface area contributed by atoms with E-state index in [1.54, 1.807) is 23.9 Å². The van der Waals surface area contributed by atoms with Crippen LogP contribution in [0.3, 0.4) is 0 Å². The molecule has 0 aliphatic heterocycles. The molecule has 0 radical (unpaired) electrons. The summed E-state index contributed by atoms with van der Waals surface area (Å²) in [6.07, 6.45) is 1.93. The van der Waals surface area contributed by atoms with Crippen molar-refractivity contribution in [1.82, 2.24) is 9.78 Å². The Morgan fingerprint density at radius 1 is 1.50 bits per heavy atom. The molecule has 0 bridgehead atoms. The lowest BCUT2D eigenvalue weighted by molar-refractivity contribution is -0.384. The molecular formula is C15H17BrN4O4. The van der Waals surface area contributed by atoms with Crippen molar-refractivity contribution in [1.29, 1.82) is 0 Å². The summed E-state index contributed by atoms with van der Waals surface area (Å²) in [5.41, 5.74) is 0.774. The summed E-state index contributed by atoms with van der Waals surface area (Å²) < 4.78 is 7.75. The van der Waals surface area contributed by atoms with Gasteiger partial charge < -0.3 is 10.1 Å². The zero-order chi connectivity index (χ0) is 17.7. The van der Waals surface area contributed by atoms with Crippen molar-refractivity contribution < 1.29 is 14.5 Å². The first-order chi connectivity index (χ1) is 11.4. The fourth-order valence-electron chi connectivity index (χ4n) is 2.06. The molecule has 2 rings (SSSR count). The number of ether oxygens (including phenoxy) is 1. The van der Waals surface area contributed by atoms with E-state index < -0.39 is 4.92 Å². The largest absolute Gasteiger partial charge is 0.494 e. The number of nitrogens with one attached hydrogen (secondary N) is 1. The van der Waals surface area contributed by atoms with E-state index in [-0.39, 0.29) is 23.7 Å². The molecule has 0 aliphatic carbocycles. The van der Waals surface area contributed by atoms with Crippen LogP contribution in [0.4, 0.5) is 11.4 Å². The number of halogens is 1. The first kappa shape index (κ1) is 17.9. The summed E-state index contributed by atoms with van der Waals surface area (Å²) in [7, 11) is 0. The van der Waals surface area contributed by atoms with E-state index in [0.717, 1.165) is 10.2 Å². The monoisotopic (exact) mass is 396 g/mol. The fourth-order valence-corrected chi connectivity index (χ4v) is 2.38. The number of anilines is 1. The maximum Gasteiger partial charge on any atom is 0.296 e. The molecule has 24 heavy (non-hydrogen) atoms. The Labute approximate surface area is 147 Å². The van der Waals surface area contributed by atoms with E-state index in [0.29, 0.717) is 18.9 Å². The summed E-state index contributed by atoms with van der Waals surface area (Å²) in [6, 6.07) is 4.35. The second-order valence-electron chi connectivity index (χ2n) is 4.99. The van der Waals surface area contributed by atoms with E-state index in [9.17, 15) is 14.9 Å². The summed E-state index contributed by atoms with van der Waals surface area (Å²) >= 11 is 3.35. The van der Waals surface area contributed by atoms with Gasteiger partial charge >= 0.3 is 0 Å². The zero-order valence-electron chi connectivity index (χ0n) is 13.3. The molecule has 0 atom stereocenters. The number of carbonyl (C=O) groups is 1. The molecule has 1 aromatic heterocycles. The molecular weight excluding hydrogens is 380 g/mol. The van der Waals surface area contributed by atoms with E-state index in [1.165, 1.54) is 12.1 Å². The highest BCUT2D eigenvalue weighted by Crippen LogP contribution is 2.29. The quantitative estimate of drug-likeness (QED) is 0.571. The Morgan fingerprint density at radius 3 is 2.83 bits per heavy atom. The minimum atomic E-state index is -0.549. The van der Waals surface area contributed by atoms with Crippen LogP contribution in [0.15, 0.2) is 28.9 Å². The van der Waals surface area contributed by atoms with Gasteiger partial charge in [-0.2, -0.15) is 5.10 Å². The van der Waals surface area contributed by atoms with E-state index >= 15 is 0 Å². The second-order valence-corrected chi connectivity index (χ2v) is 5.85. The third-order valence-electron chi connectivity index (χ3n) is 3.21. The number of aryl methyl sites for hydroxylation is 2. The van der Waals surface area contributed by atoms with Gasteiger partial charge in [0.2, 0.25) is 5.91 Å². The molecule has 128 valence electrons. The Hall–Kier alpha value is -2.42. The van der Waals surface area contributed by atoms with Crippen LogP contribution in [-0.4, -0.2) is 27.2 Å². The summed E-state index contributed by atoms with van der Waals surface area (Å²) in [5.74, 6) is 0.0607. The number of nitro benzene ring substituents is 1. The van der Waals surface area contributed by atoms with Gasteiger partial charge in [0.25, 0.3) is 5.69 Å². The van der Waals surface area contributed by atoms with Crippen molar-refractivity contribution in [2.45, 2.75) is 26.8 Å². The number of hydrogen-bond acceptors (Lipinski definition) is 5. The van der Waals surface area contributed by atoms with Crippen LogP contribution < -0.4 is 10.1 Å². The van der Waals surface area contributed by atoms with Gasteiger partial charge in [-0.05, 0) is 41.9 Å². The van der Waals surface area contributed by atoms with Crippen molar-refractivity contribution in [3.05, 3.63) is 44.7 Å². The molecule has 1 amide bonds. The topological polar surface area (TPSA) is 99.3 Å². The van der Waals surface area contributed by atoms with Crippen LogP contribution in [-0.2, 0) is 11.3 Å². The van der Waals surface area contributed by atoms with E-state index in [1.807, 2.05) is 6.92 Å². The second kappa shape index (κ2) is 7.91. The number of aromatic nitrogens is 2. The molecule has 2 aromatic rings. The molecule has 9 heteroatoms. The smallest absolute Gasteiger partial charge is 0.296 e. The summed E-state index contributed by atoms with van der Waals surface area (Å²) in [6.45, 7) is 4.42. The molecule has 0 aliphatic rings. The standard InChI is InChI=1S/C15H17BrN4O4/c1-3-24-11-4-5-13(14(8-11)20(22)23)17-15(21)6-7-19-9-12(16)10(2)18-19/h4-5,8-9H,3,6-7H2,1-2H3,(H,17,21). The van der Waals surface area contributed by atoms with E-state index in [4.69, 9.17) is 4.74 Å². The molecule has 8 nitrogen and oxygen atoms in total. The average molecular weight is 397 g/mol. The number of carbonyl (C=O) groups excluding carboxylic acids is 1. The van der Waals surface area contributed by atoms with Crippen LogP contribution in [0, 0.1) is 17.0 Å². The molecule has 0 spiro atoms. The number of amides is 1. The van der Waals surface area contributed by atoms with Gasteiger partial charge in [0.1, 0.15) is 11.4 Å². The van der Waals surface area contributed by atoms with Gasteiger partial charge in [0.05, 0.1) is 27.8 Å². The Bertz CT molecular complexity index is 740. The molecule has 1 heterocycles. The minimum absolute atomic E-state index is 0.145. The Morgan fingerprint density at radius 2 is 2.25 bits per heavy atom. The van der Waals surface area contributed by atoms with Crippen molar-refractivity contribution in [2.24, 2.45) is 0 Å². The average Bonchev–Trinajstić information content (AvgIpc) is 2.85. The van der Waals surface area contributed by atoms with Crippen LogP contribution in [0.1, 0.15) is 19.0 Å². The highest BCUT2D eigenvalue weighted by molar-refractivity contribution is 9.10. The maximum absolute atomic E-state index is 12.0. The number of hydrogen-bond donors (Lipinski definition) is 1. The van der Waals surface area contributed by atoms with Crippen LogP contribution in [0.25, 0.3) is 0 Å². The van der Waals surface area contributed by atoms with Crippen molar-refractivity contribution in [3.63, 3.8) is 0 Å². The maximum atomic E-state index is 12.0. The van der Waals surface area contributed by atoms with Gasteiger partial charge in [0.15, 0.2) is 0 Å². The Kier molecular flexibility index (Phi) is 5.91. The number of rotatable bonds is 7. The zero-order valence-corrected chi connectivity index (χ0v) is 14.9. The molecule has 0 saturated carbocycles. The predicted octanol–water partition coefficient (Wildman–Crippen LogP) is 3.29. The molecule has 0 fully saturated rings. The van der Waals surface area contributed by atoms with Crippen molar-refractivity contribution in [2.75, 3.05) is 11.9 Å². The normalized spacial score (nSPS) is 10.5. The SMILES string of the molecule is CCOc1ccc(NC(=O)CCn2cc(Br)c(C)n2)c([N+](=O)[O-])c1. The highest BCUT2D eigenvalue weighted by Gasteiger charge is 2.17. The lowest BCUT2D eigenvalue weighted by atomic mass is 10.2. The number of nitro groups is 1. The predicted molar refractivity (Wildman–Crippen MR) is 92.2 cm³/mol. The summed E-state index contributed by atoms with van der Waals surface area (Å²) in [5, 5.41) is 18.0. The van der Waals surface area contributed by atoms with Crippen LogP contribution in [0.5, 0.6) is 5.75 Å². The van der Waals surface area contributed by atoms with Gasteiger partial charge in [-0.1, -0.05) is 0 Å². The van der Waals surface area contributed by atoms with Gasteiger partial charge in [-0.25, -0.2) is 0 Å². The number of benzene rings is 1. The van der Waals surface area contributed by atoms with Crippen molar-refractivity contribution >= 4 is 33.2 Å². The van der Waals surface area contributed by atoms with Gasteiger partial charge in [-0.15, -0.1) is 0 Å². The first-order valence-electron chi connectivity index (χ1n) is 7.31. The van der Waals surface area contributed by atoms with Gasteiger partial charge in [0, 0.05) is 19.2 Å². The minimum Gasteiger partial charge on any atom is -0.494 e. The summed E-state index contributed by atoms with van der Waals surface area (Å²) in [4.78, 5) is 22.7. The Balaban J connectivity index is 2.03.